The second kappa shape index (κ2) is 4.01. The van der Waals surface area contributed by atoms with E-state index in [1.165, 1.54) is 6.07 Å². The third-order valence-corrected chi connectivity index (χ3v) is 3.04. The van der Waals surface area contributed by atoms with Gasteiger partial charge in [-0.05, 0) is 36.5 Å². The Bertz CT molecular complexity index is 381. The van der Waals surface area contributed by atoms with Crippen LogP contribution in [0.15, 0.2) is 18.2 Å². The molecule has 1 N–H and O–H groups in total. The van der Waals surface area contributed by atoms with Gasteiger partial charge in [-0.3, -0.25) is 0 Å². The highest BCUT2D eigenvalue weighted by molar-refractivity contribution is 5.89. The van der Waals surface area contributed by atoms with Gasteiger partial charge in [0.25, 0.3) is 0 Å². The smallest absolute Gasteiger partial charge is 0.336 e. The third kappa shape index (κ3) is 2.01. The molecule has 0 amide bonds. The second-order valence-electron chi connectivity index (χ2n) is 4.02. The number of carboxylic acid groups (broad SMARTS) is 1. The van der Waals surface area contributed by atoms with Gasteiger partial charge in [-0.25, -0.2) is 9.18 Å². The summed E-state index contributed by atoms with van der Waals surface area (Å²) in [5.41, 5.74) is 0.920. The number of benzene rings is 1. The fourth-order valence-electron chi connectivity index (χ4n) is 2.31. The molecule has 1 aliphatic rings. The van der Waals surface area contributed by atoms with Crippen LogP contribution >= 0.6 is 0 Å². The summed E-state index contributed by atoms with van der Waals surface area (Å²) >= 11 is 0. The van der Waals surface area contributed by atoms with Crippen molar-refractivity contribution in [2.24, 2.45) is 0 Å². The van der Waals surface area contributed by atoms with Crippen molar-refractivity contribution in [3.8, 4) is 0 Å². The summed E-state index contributed by atoms with van der Waals surface area (Å²) in [6, 6.07) is 4.09. The number of aromatic carboxylic acids is 1. The van der Waals surface area contributed by atoms with Crippen molar-refractivity contribution in [2.75, 3.05) is 0 Å². The molecule has 0 spiro atoms. The highest BCUT2D eigenvalue weighted by atomic mass is 19.1. The first kappa shape index (κ1) is 10.1. The van der Waals surface area contributed by atoms with Crippen molar-refractivity contribution in [2.45, 2.75) is 31.6 Å². The summed E-state index contributed by atoms with van der Waals surface area (Å²) < 4.78 is 12.9. The largest absolute Gasteiger partial charge is 0.478 e. The molecule has 0 heterocycles. The van der Waals surface area contributed by atoms with Gasteiger partial charge in [0.15, 0.2) is 0 Å². The van der Waals surface area contributed by atoms with Crippen LogP contribution < -0.4 is 0 Å². The third-order valence-electron chi connectivity index (χ3n) is 3.04. The highest BCUT2D eigenvalue weighted by Crippen LogP contribution is 2.35. The molecule has 1 fully saturated rings. The van der Waals surface area contributed by atoms with E-state index in [0.29, 0.717) is 5.92 Å². The zero-order valence-corrected chi connectivity index (χ0v) is 8.37. The van der Waals surface area contributed by atoms with E-state index in [9.17, 15) is 9.18 Å². The quantitative estimate of drug-likeness (QED) is 0.810. The lowest BCUT2D eigenvalue weighted by atomic mass is 9.93. The molecule has 1 aromatic carbocycles. The number of rotatable bonds is 2. The van der Waals surface area contributed by atoms with Gasteiger partial charge in [0.1, 0.15) is 5.82 Å². The van der Waals surface area contributed by atoms with Crippen LogP contribution in [0.25, 0.3) is 0 Å². The standard InChI is InChI=1S/C12H13FO2/c13-9-5-6-10(8-3-1-2-4-8)11(7-9)12(14)15/h5-8H,1-4H2,(H,14,15). The summed E-state index contributed by atoms with van der Waals surface area (Å²) in [7, 11) is 0. The van der Waals surface area contributed by atoms with E-state index in [1.54, 1.807) is 6.07 Å². The van der Waals surface area contributed by atoms with E-state index in [0.717, 1.165) is 37.3 Å². The van der Waals surface area contributed by atoms with Crippen LogP contribution in [0, 0.1) is 5.82 Å². The van der Waals surface area contributed by atoms with Gasteiger partial charge in [-0.1, -0.05) is 18.9 Å². The molecule has 0 atom stereocenters. The molecule has 1 aliphatic carbocycles. The minimum atomic E-state index is -1.03. The van der Waals surface area contributed by atoms with E-state index < -0.39 is 11.8 Å². The van der Waals surface area contributed by atoms with Crippen LogP contribution in [-0.4, -0.2) is 11.1 Å². The van der Waals surface area contributed by atoms with E-state index in [4.69, 9.17) is 5.11 Å². The molecular weight excluding hydrogens is 195 g/mol. The maximum Gasteiger partial charge on any atom is 0.336 e. The lowest BCUT2D eigenvalue weighted by Gasteiger charge is -2.12. The summed E-state index contributed by atoms with van der Waals surface area (Å²) in [6.07, 6.45) is 4.32. The SMILES string of the molecule is O=C(O)c1cc(F)ccc1C1CCCC1. The van der Waals surface area contributed by atoms with Crippen LogP contribution in [0.2, 0.25) is 0 Å². The van der Waals surface area contributed by atoms with Crippen molar-refractivity contribution < 1.29 is 14.3 Å². The van der Waals surface area contributed by atoms with Crippen molar-refractivity contribution >= 4 is 5.97 Å². The molecule has 15 heavy (non-hydrogen) atoms. The Morgan fingerprint density at radius 2 is 2.00 bits per heavy atom. The van der Waals surface area contributed by atoms with Crippen molar-refractivity contribution in [3.05, 3.63) is 35.1 Å². The summed E-state index contributed by atoms with van der Waals surface area (Å²) in [5.74, 6) is -1.21. The molecule has 2 nitrogen and oxygen atoms in total. The zero-order chi connectivity index (χ0) is 10.8. The van der Waals surface area contributed by atoms with Gasteiger partial charge in [-0.15, -0.1) is 0 Å². The summed E-state index contributed by atoms with van der Waals surface area (Å²) in [5, 5.41) is 8.98. The lowest BCUT2D eigenvalue weighted by Crippen LogP contribution is -2.06. The molecule has 0 aliphatic heterocycles. The second-order valence-corrected chi connectivity index (χ2v) is 4.02. The maximum absolute atomic E-state index is 12.9. The van der Waals surface area contributed by atoms with Gasteiger partial charge in [0.05, 0.1) is 5.56 Å². The fourth-order valence-corrected chi connectivity index (χ4v) is 2.31. The van der Waals surface area contributed by atoms with E-state index in [-0.39, 0.29) is 5.56 Å². The molecule has 0 bridgehead atoms. The molecule has 0 saturated heterocycles. The normalized spacial score (nSPS) is 16.9. The van der Waals surface area contributed by atoms with E-state index >= 15 is 0 Å². The molecule has 0 unspecified atom stereocenters. The topological polar surface area (TPSA) is 37.3 Å². The fraction of sp³-hybridized carbons (Fsp3) is 0.417. The monoisotopic (exact) mass is 208 g/mol. The van der Waals surface area contributed by atoms with Crippen LogP contribution in [0.4, 0.5) is 4.39 Å². The number of halogens is 1. The number of hydrogen-bond donors (Lipinski definition) is 1. The van der Waals surface area contributed by atoms with Gasteiger partial charge < -0.3 is 5.11 Å². The van der Waals surface area contributed by atoms with Crippen molar-refractivity contribution in [1.82, 2.24) is 0 Å². The van der Waals surface area contributed by atoms with Gasteiger partial charge in [0.2, 0.25) is 0 Å². The average molecular weight is 208 g/mol. The van der Waals surface area contributed by atoms with Gasteiger partial charge in [0, 0.05) is 0 Å². The minimum absolute atomic E-state index is 0.127. The Morgan fingerprint density at radius 3 is 2.60 bits per heavy atom. The van der Waals surface area contributed by atoms with Crippen molar-refractivity contribution in [1.29, 1.82) is 0 Å². The van der Waals surface area contributed by atoms with Crippen LogP contribution in [0.3, 0.4) is 0 Å². The molecule has 0 aromatic heterocycles. The predicted molar refractivity (Wildman–Crippen MR) is 54.6 cm³/mol. The molecule has 3 heteroatoms. The van der Waals surface area contributed by atoms with Gasteiger partial charge in [-0.2, -0.15) is 0 Å². The number of carbonyl (C=O) groups is 1. The lowest BCUT2D eigenvalue weighted by molar-refractivity contribution is 0.0694. The molecular formula is C12H13FO2. The van der Waals surface area contributed by atoms with Gasteiger partial charge >= 0.3 is 5.97 Å². The Kier molecular flexibility index (Phi) is 2.71. The van der Waals surface area contributed by atoms with E-state index in [1.807, 2.05) is 0 Å². The molecule has 2 rings (SSSR count). The Morgan fingerprint density at radius 1 is 1.33 bits per heavy atom. The predicted octanol–water partition coefficient (Wildman–Crippen LogP) is 3.18. The average Bonchev–Trinajstić information content (AvgIpc) is 2.70. The molecule has 1 aromatic rings. The summed E-state index contributed by atoms with van der Waals surface area (Å²) in [4.78, 5) is 11.0. The van der Waals surface area contributed by atoms with Crippen LogP contribution in [0.5, 0.6) is 0 Å². The minimum Gasteiger partial charge on any atom is -0.478 e. The Hall–Kier alpha value is -1.38. The maximum atomic E-state index is 12.9. The highest BCUT2D eigenvalue weighted by Gasteiger charge is 2.22. The number of hydrogen-bond acceptors (Lipinski definition) is 1. The van der Waals surface area contributed by atoms with Crippen LogP contribution in [0.1, 0.15) is 47.5 Å². The zero-order valence-electron chi connectivity index (χ0n) is 8.37. The molecule has 0 radical (unpaired) electrons. The first-order valence-electron chi connectivity index (χ1n) is 5.21. The molecule has 1 saturated carbocycles. The first-order valence-corrected chi connectivity index (χ1v) is 5.21. The summed E-state index contributed by atoms with van der Waals surface area (Å²) in [6.45, 7) is 0. The molecule has 80 valence electrons. The van der Waals surface area contributed by atoms with Crippen LogP contribution in [-0.2, 0) is 0 Å². The van der Waals surface area contributed by atoms with E-state index in [2.05, 4.69) is 0 Å². The Labute approximate surface area is 87.7 Å². The Balaban J connectivity index is 2.40. The number of carboxylic acids is 1. The van der Waals surface area contributed by atoms with Crippen molar-refractivity contribution in [3.63, 3.8) is 0 Å². The first-order chi connectivity index (χ1) is 7.18.